The van der Waals surface area contributed by atoms with Crippen LogP contribution in [0.3, 0.4) is 0 Å². The molecule has 1 unspecified atom stereocenters. The molecule has 0 amide bonds. The Morgan fingerprint density at radius 1 is 0.900 bits per heavy atom. The van der Waals surface area contributed by atoms with Crippen LogP contribution in [0.25, 0.3) is 0 Å². The highest BCUT2D eigenvalue weighted by molar-refractivity contribution is 5.36. The summed E-state index contributed by atoms with van der Waals surface area (Å²) in [7, 11) is 2.15. The van der Waals surface area contributed by atoms with Crippen LogP contribution in [0.5, 0.6) is 0 Å². The predicted molar refractivity (Wildman–Crippen MR) is 86.1 cm³/mol. The molecule has 0 aliphatic heterocycles. The Morgan fingerprint density at radius 2 is 1.60 bits per heavy atom. The Balaban J connectivity index is 1.77. The van der Waals surface area contributed by atoms with Gasteiger partial charge in [0.1, 0.15) is 0 Å². The van der Waals surface area contributed by atoms with E-state index in [1.807, 2.05) is 0 Å². The molecule has 1 aromatic carbocycles. The van der Waals surface area contributed by atoms with Gasteiger partial charge in [0.2, 0.25) is 0 Å². The lowest BCUT2D eigenvalue weighted by Crippen LogP contribution is -2.26. The number of aryl methyl sites for hydroxylation is 2. The van der Waals surface area contributed by atoms with E-state index in [1.165, 1.54) is 64.2 Å². The number of fused-ring (bicyclic) bond motifs is 1. The van der Waals surface area contributed by atoms with Crippen molar-refractivity contribution in [2.75, 3.05) is 7.05 Å². The summed E-state index contributed by atoms with van der Waals surface area (Å²) in [4.78, 5) is 0. The van der Waals surface area contributed by atoms with Crippen molar-refractivity contribution < 1.29 is 0 Å². The van der Waals surface area contributed by atoms with Crippen LogP contribution in [-0.4, -0.2) is 7.05 Å². The molecule has 1 aromatic rings. The van der Waals surface area contributed by atoms with E-state index in [-0.39, 0.29) is 0 Å². The van der Waals surface area contributed by atoms with E-state index < -0.39 is 0 Å². The van der Waals surface area contributed by atoms with Crippen molar-refractivity contribution in [2.45, 2.75) is 70.3 Å². The summed E-state index contributed by atoms with van der Waals surface area (Å²) in [5.74, 6) is 0.833. The van der Waals surface area contributed by atoms with E-state index in [0.717, 1.165) is 5.92 Å². The van der Waals surface area contributed by atoms with Gasteiger partial charge >= 0.3 is 0 Å². The van der Waals surface area contributed by atoms with Crippen molar-refractivity contribution in [2.24, 2.45) is 5.92 Å². The molecule has 0 spiro atoms. The molecule has 3 rings (SSSR count). The van der Waals surface area contributed by atoms with Gasteiger partial charge in [-0.15, -0.1) is 0 Å². The summed E-state index contributed by atoms with van der Waals surface area (Å²) >= 11 is 0. The second kappa shape index (κ2) is 6.76. The molecule has 1 heteroatoms. The van der Waals surface area contributed by atoms with Gasteiger partial charge in [-0.3, -0.25) is 0 Å². The predicted octanol–water partition coefficient (Wildman–Crippen LogP) is 4.80. The standard InChI is InChI=1S/C19H29N/c1-20-19(16-8-5-3-2-4-6-9-16)18-13-12-15-10-7-11-17(15)14-18/h12-14,16,19-20H,2-11H2,1H3. The van der Waals surface area contributed by atoms with E-state index in [0.29, 0.717) is 6.04 Å². The number of hydrogen-bond donors (Lipinski definition) is 1. The Labute approximate surface area is 124 Å². The minimum atomic E-state index is 0.569. The molecular formula is C19H29N. The van der Waals surface area contributed by atoms with Gasteiger partial charge in [0.25, 0.3) is 0 Å². The molecule has 1 N–H and O–H groups in total. The largest absolute Gasteiger partial charge is 0.313 e. The fraction of sp³-hybridized carbons (Fsp3) is 0.684. The zero-order chi connectivity index (χ0) is 13.8. The quantitative estimate of drug-likeness (QED) is 0.833. The van der Waals surface area contributed by atoms with E-state index in [2.05, 4.69) is 30.6 Å². The smallest absolute Gasteiger partial charge is 0.0346 e. The third-order valence-corrected chi connectivity index (χ3v) is 5.41. The van der Waals surface area contributed by atoms with Crippen molar-refractivity contribution in [3.05, 3.63) is 34.9 Å². The number of rotatable bonds is 3. The highest BCUT2D eigenvalue weighted by atomic mass is 14.9. The molecule has 2 aliphatic carbocycles. The highest BCUT2D eigenvalue weighted by Crippen LogP contribution is 2.34. The third-order valence-electron chi connectivity index (χ3n) is 5.41. The maximum absolute atomic E-state index is 3.63. The second-order valence-corrected chi connectivity index (χ2v) is 6.75. The topological polar surface area (TPSA) is 12.0 Å². The maximum atomic E-state index is 3.63. The van der Waals surface area contributed by atoms with Gasteiger partial charge in [-0.2, -0.15) is 0 Å². The monoisotopic (exact) mass is 271 g/mol. The van der Waals surface area contributed by atoms with Gasteiger partial charge in [-0.1, -0.05) is 50.3 Å². The van der Waals surface area contributed by atoms with Crippen molar-refractivity contribution in [1.82, 2.24) is 5.32 Å². The molecule has 1 nitrogen and oxygen atoms in total. The van der Waals surface area contributed by atoms with E-state index >= 15 is 0 Å². The van der Waals surface area contributed by atoms with Crippen molar-refractivity contribution in [3.8, 4) is 0 Å². The summed E-state index contributed by atoms with van der Waals surface area (Å²) in [6.07, 6.45) is 13.9. The molecule has 0 aromatic heterocycles. The summed E-state index contributed by atoms with van der Waals surface area (Å²) in [5.41, 5.74) is 4.76. The third kappa shape index (κ3) is 3.09. The first-order valence-electron chi connectivity index (χ1n) is 8.67. The minimum absolute atomic E-state index is 0.569. The van der Waals surface area contributed by atoms with Crippen LogP contribution >= 0.6 is 0 Å². The zero-order valence-electron chi connectivity index (χ0n) is 13.0. The first kappa shape index (κ1) is 14.1. The summed E-state index contributed by atoms with van der Waals surface area (Å²) < 4.78 is 0. The lowest BCUT2D eigenvalue weighted by molar-refractivity contribution is 0.299. The van der Waals surface area contributed by atoms with E-state index in [9.17, 15) is 0 Å². The van der Waals surface area contributed by atoms with Gasteiger partial charge in [-0.25, -0.2) is 0 Å². The van der Waals surface area contributed by atoms with Crippen LogP contribution in [0, 0.1) is 5.92 Å². The summed E-state index contributed by atoms with van der Waals surface area (Å²) in [6.45, 7) is 0. The van der Waals surface area contributed by atoms with E-state index in [1.54, 1.807) is 16.7 Å². The molecule has 0 bridgehead atoms. The molecule has 20 heavy (non-hydrogen) atoms. The van der Waals surface area contributed by atoms with Crippen LogP contribution < -0.4 is 5.32 Å². The molecule has 1 saturated carbocycles. The first-order chi connectivity index (χ1) is 9.88. The van der Waals surface area contributed by atoms with Gasteiger partial charge in [0.05, 0.1) is 0 Å². The van der Waals surface area contributed by atoms with Gasteiger partial charge in [-0.05, 0) is 61.8 Å². The lowest BCUT2D eigenvalue weighted by Gasteiger charge is -2.29. The Bertz CT molecular complexity index is 429. The van der Waals surface area contributed by atoms with Crippen LogP contribution in [0.4, 0.5) is 0 Å². The Kier molecular flexibility index (Phi) is 4.77. The lowest BCUT2D eigenvalue weighted by atomic mass is 9.82. The van der Waals surface area contributed by atoms with Crippen molar-refractivity contribution in [3.63, 3.8) is 0 Å². The number of nitrogens with one attached hydrogen (secondary N) is 1. The second-order valence-electron chi connectivity index (χ2n) is 6.75. The fourth-order valence-corrected chi connectivity index (χ4v) is 4.28. The molecule has 2 aliphatic rings. The summed E-state index contributed by atoms with van der Waals surface area (Å²) in [5, 5.41) is 3.63. The molecule has 1 atom stereocenters. The average Bonchev–Trinajstić information content (AvgIpc) is 2.89. The maximum Gasteiger partial charge on any atom is 0.0346 e. The molecule has 0 heterocycles. The highest BCUT2D eigenvalue weighted by Gasteiger charge is 2.23. The molecule has 1 fully saturated rings. The van der Waals surface area contributed by atoms with Crippen LogP contribution in [-0.2, 0) is 12.8 Å². The zero-order valence-corrected chi connectivity index (χ0v) is 13.0. The SMILES string of the molecule is CNC(c1ccc2c(c1)CCC2)C1CCCCCCC1. The Hall–Kier alpha value is -0.820. The molecule has 0 radical (unpaired) electrons. The molecule has 110 valence electrons. The average molecular weight is 271 g/mol. The summed E-state index contributed by atoms with van der Waals surface area (Å²) in [6, 6.07) is 7.86. The van der Waals surface area contributed by atoms with Gasteiger partial charge in [0, 0.05) is 6.04 Å². The van der Waals surface area contributed by atoms with Gasteiger partial charge in [0.15, 0.2) is 0 Å². The van der Waals surface area contributed by atoms with Crippen LogP contribution in [0.2, 0.25) is 0 Å². The minimum Gasteiger partial charge on any atom is -0.313 e. The van der Waals surface area contributed by atoms with Crippen molar-refractivity contribution >= 4 is 0 Å². The molecular weight excluding hydrogens is 242 g/mol. The van der Waals surface area contributed by atoms with Crippen LogP contribution in [0.1, 0.15) is 74.1 Å². The van der Waals surface area contributed by atoms with E-state index in [4.69, 9.17) is 0 Å². The first-order valence-corrected chi connectivity index (χ1v) is 8.67. The van der Waals surface area contributed by atoms with Crippen molar-refractivity contribution in [1.29, 1.82) is 0 Å². The molecule has 0 saturated heterocycles. The van der Waals surface area contributed by atoms with Crippen LogP contribution in [0.15, 0.2) is 18.2 Å². The number of benzene rings is 1. The van der Waals surface area contributed by atoms with Gasteiger partial charge < -0.3 is 5.32 Å². The Morgan fingerprint density at radius 3 is 2.35 bits per heavy atom. The number of hydrogen-bond acceptors (Lipinski definition) is 1. The normalized spacial score (nSPS) is 22.1. The fourth-order valence-electron chi connectivity index (χ4n) is 4.28.